The molecule has 0 unspecified atom stereocenters. The lowest BCUT2D eigenvalue weighted by atomic mass is 9.63. The van der Waals surface area contributed by atoms with Crippen LogP contribution in [-0.2, 0) is 0 Å². The summed E-state index contributed by atoms with van der Waals surface area (Å²) in [5.74, 6) is 2.69. The lowest BCUT2D eigenvalue weighted by Gasteiger charge is -2.45. The standard InChI is InChI=1S/C14H25N/c1-6-7-8-15-12-9-13(2,3)11-14(4,5)10-12/h1,12,15H,7-11H2,2-5H3. The van der Waals surface area contributed by atoms with E-state index in [1.807, 2.05) is 0 Å². The highest BCUT2D eigenvalue weighted by molar-refractivity contribution is 4.93. The Morgan fingerprint density at radius 1 is 1.20 bits per heavy atom. The molecule has 0 atom stereocenters. The molecule has 0 amide bonds. The van der Waals surface area contributed by atoms with Gasteiger partial charge in [0.15, 0.2) is 0 Å². The second kappa shape index (κ2) is 4.58. The van der Waals surface area contributed by atoms with Crippen molar-refractivity contribution in [1.29, 1.82) is 0 Å². The second-order valence-electron chi connectivity index (χ2n) is 6.52. The van der Waals surface area contributed by atoms with Crippen LogP contribution in [0, 0.1) is 23.2 Å². The van der Waals surface area contributed by atoms with E-state index < -0.39 is 0 Å². The van der Waals surface area contributed by atoms with Crippen LogP contribution in [0.25, 0.3) is 0 Å². The Bertz CT molecular complexity index is 229. The smallest absolute Gasteiger partial charge is 0.0211 e. The highest BCUT2D eigenvalue weighted by Gasteiger charge is 2.37. The third kappa shape index (κ3) is 4.26. The summed E-state index contributed by atoms with van der Waals surface area (Å²) >= 11 is 0. The lowest BCUT2D eigenvalue weighted by molar-refractivity contribution is 0.0855. The van der Waals surface area contributed by atoms with Gasteiger partial charge >= 0.3 is 0 Å². The van der Waals surface area contributed by atoms with E-state index in [9.17, 15) is 0 Å². The lowest BCUT2D eigenvalue weighted by Crippen LogP contribution is -2.44. The molecule has 0 radical (unpaired) electrons. The van der Waals surface area contributed by atoms with E-state index in [1.54, 1.807) is 0 Å². The monoisotopic (exact) mass is 207 g/mol. The summed E-state index contributed by atoms with van der Waals surface area (Å²) in [6.07, 6.45) is 9.99. The Morgan fingerprint density at radius 2 is 1.73 bits per heavy atom. The molecule has 1 rings (SSSR count). The maximum absolute atomic E-state index is 5.26. The summed E-state index contributed by atoms with van der Waals surface area (Å²) in [5, 5.41) is 3.59. The summed E-state index contributed by atoms with van der Waals surface area (Å²) < 4.78 is 0. The molecule has 0 spiro atoms. The molecule has 15 heavy (non-hydrogen) atoms. The normalized spacial score (nSPS) is 24.7. The summed E-state index contributed by atoms with van der Waals surface area (Å²) in [7, 11) is 0. The van der Waals surface area contributed by atoms with E-state index in [0.29, 0.717) is 16.9 Å². The average molecular weight is 207 g/mol. The molecule has 0 bridgehead atoms. The first-order chi connectivity index (χ1) is 6.85. The molecule has 0 aromatic rings. The number of rotatable bonds is 3. The topological polar surface area (TPSA) is 12.0 Å². The van der Waals surface area contributed by atoms with Crippen molar-refractivity contribution in [1.82, 2.24) is 5.32 Å². The fourth-order valence-electron chi connectivity index (χ4n) is 3.34. The Hall–Kier alpha value is -0.480. The van der Waals surface area contributed by atoms with Crippen LogP contribution in [0.2, 0.25) is 0 Å². The largest absolute Gasteiger partial charge is 0.313 e. The molecule has 1 saturated carbocycles. The number of terminal acetylenes is 1. The first-order valence-corrected chi connectivity index (χ1v) is 6.02. The third-order valence-corrected chi connectivity index (χ3v) is 3.26. The second-order valence-corrected chi connectivity index (χ2v) is 6.52. The van der Waals surface area contributed by atoms with Crippen LogP contribution in [0.3, 0.4) is 0 Å². The van der Waals surface area contributed by atoms with Crippen molar-refractivity contribution in [2.45, 2.75) is 59.4 Å². The first-order valence-electron chi connectivity index (χ1n) is 6.02. The highest BCUT2D eigenvalue weighted by atomic mass is 14.9. The van der Waals surface area contributed by atoms with E-state index in [2.05, 4.69) is 38.9 Å². The first kappa shape index (κ1) is 12.6. The van der Waals surface area contributed by atoms with Crippen molar-refractivity contribution in [2.75, 3.05) is 6.54 Å². The fraction of sp³-hybridized carbons (Fsp3) is 0.857. The number of hydrogen-bond donors (Lipinski definition) is 1. The summed E-state index contributed by atoms with van der Waals surface area (Å²) in [6, 6.07) is 0.650. The van der Waals surface area contributed by atoms with E-state index in [1.165, 1.54) is 19.3 Å². The van der Waals surface area contributed by atoms with Gasteiger partial charge in [0.25, 0.3) is 0 Å². The van der Waals surface area contributed by atoms with E-state index >= 15 is 0 Å². The van der Waals surface area contributed by atoms with Crippen LogP contribution in [0.4, 0.5) is 0 Å². The van der Waals surface area contributed by atoms with Crippen LogP contribution >= 0.6 is 0 Å². The summed E-state index contributed by atoms with van der Waals surface area (Å²) in [6.45, 7) is 10.5. The predicted molar refractivity (Wildman–Crippen MR) is 66.7 cm³/mol. The molecule has 0 aromatic carbocycles. The molecule has 1 fully saturated rings. The summed E-state index contributed by atoms with van der Waals surface area (Å²) in [5.41, 5.74) is 0.936. The van der Waals surface area contributed by atoms with Gasteiger partial charge < -0.3 is 5.32 Å². The number of hydrogen-bond acceptors (Lipinski definition) is 1. The highest BCUT2D eigenvalue weighted by Crippen LogP contribution is 2.45. The molecular weight excluding hydrogens is 182 g/mol. The minimum absolute atomic E-state index is 0.468. The minimum atomic E-state index is 0.468. The van der Waals surface area contributed by atoms with Gasteiger partial charge in [-0.05, 0) is 30.1 Å². The van der Waals surface area contributed by atoms with Crippen LogP contribution < -0.4 is 5.32 Å². The molecule has 0 saturated heterocycles. The number of nitrogens with one attached hydrogen (secondary N) is 1. The summed E-state index contributed by atoms with van der Waals surface area (Å²) in [4.78, 5) is 0. The molecule has 0 heterocycles. The van der Waals surface area contributed by atoms with Gasteiger partial charge in [-0.3, -0.25) is 0 Å². The van der Waals surface area contributed by atoms with E-state index in [-0.39, 0.29) is 0 Å². The minimum Gasteiger partial charge on any atom is -0.313 e. The van der Waals surface area contributed by atoms with Gasteiger partial charge in [0, 0.05) is 19.0 Å². The molecule has 1 N–H and O–H groups in total. The molecular formula is C14H25N. The van der Waals surface area contributed by atoms with Crippen LogP contribution in [0.1, 0.15) is 53.4 Å². The van der Waals surface area contributed by atoms with Crippen molar-refractivity contribution < 1.29 is 0 Å². The van der Waals surface area contributed by atoms with Gasteiger partial charge in [-0.25, -0.2) is 0 Å². The zero-order valence-corrected chi connectivity index (χ0v) is 10.7. The van der Waals surface area contributed by atoms with Crippen LogP contribution in [0.5, 0.6) is 0 Å². The van der Waals surface area contributed by atoms with Crippen LogP contribution in [-0.4, -0.2) is 12.6 Å². The SMILES string of the molecule is C#CCCNC1CC(C)(C)CC(C)(C)C1. The van der Waals surface area contributed by atoms with Crippen molar-refractivity contribution in [3.8, 4) is 12.3 Å². The van der Waals surface area contributed by atoms with Gasteiger partial charge in [0.1, 0.15) is 0 Å². The van der Waals surface area contributed by atoms with E-state index in [0.717, 1.165) is 13.0 Å². The molecule has 1 aliphatic carbocycles. The van der Waals surface area contributed by atoms with Crippen molar-refractivity contribution in [2.24, 2.45) is 10.8 Å². The quantitative estimate of drug-likeness (QED) is 0.553. The Kier molecular flexibility index (Phi) is 3.84. The van der Waals surface area contributed by atoms with Crippen molar-refractivity contribution in [3.05, 3.63) is 0 Å². The van der Waals surface area contributed by atoms with Crippen molar-refractivity contribution in [3.63, 3.8) is 0 Å². The molecule has 1 nitrogen and oxygen atoms in total. The Morgan fingerprint density at radius 3 is 2.20 bits per heavy atom. The molecule has 0 aromatic heterocycles. The molecule has 86 valence electrons. The van der Waals surface area contributed by atoms with Crippen LogP contribution in [0.15, 0.2) is 0 Å². The molecule has 1 aliphatic rings. The van der Waals surface area contributed by atoms with Gasteiger partial charge in [0.2, 0.25) is 0 Å². The maximum atomic E-state index is 5.26. The fourth-order valence-corrected chi connectivity index (χ4v) is 3.34. The zero-order valence-electron chi connectivity index (χ0n) is 10.7. The Balaban J connectivity index is 2.49. The third-order valence-electron chi connectivity index (χ3n) is 3.26. The van der Waals surface area contributed by atoms with Gasteiger partial charge in [0.05, 0.1) is 0 Å². The zero-order chi connectivity index (χ0) is 11.5. The molecule has 0 aliphatic heterocycles. The maximum Gasteiger partial charge on any atom is 0.0211 e. The average Bonchev–Trinajstić information content (AvgIpc) is 1.98. The van der Waals surface area contributed by atoms with Gasteiger partial charge in [-0.2, -0.15) is 0 Å². The predicted octanol–water partition coefficient (Wildman–Crippen LogP) is 3.20. The van der Waals surface area contributed by atoms with E-state index in [4.69, 9.17) is 6.42 Å². The van der Waals surface area contributed by atoms with Gasteiger partial charge in [-0.1, -0.05) is 27.7 Å². The molecule has 1 heteroatoms. The Labute approximate surface area is 95.0 Å². The van der Waals surface area contributed by atoms with Crippen molar-refractivity contribution >= 4 is 0 Å². The van der Waals surface area contributed by atoms with Gasteiger partial charge in [-0.15, -0.1) is 12.3 Å².